The van der Waals surface area contributed by atoms with Gasteiger partial charge in [0, 0.05) is 5.70 Å². The van der Waals surface area contributed by atoms with Gasteiger partial charge in [-0.2, -0.15) is 0 Å². The Kier molecular flexibility index (Phi) is 6.22. The Balaban J connectivity index is 2.19. The molecule has 0 spiro atoms. The van der Waals surface area contributed by atoms with Gasteiger partial charge in [0.2, 0.25) is 0 Å². The summed E-state index contributed by atoms with van der Waals surface area (Å²) in [5, 5.41) is 0.00862. The van der Waals surface area contributed by atoms with E-state index in [1.165, 1.54) is 12.0 Å². The van der Waals surface area contributed by atoms with Gasteiger partial charge in [-0.1, -0.05) is 24.3 Å². The van der Waals surface area contributed by atoms with E-state index in [-0.39, 0.29) is 10.7 Å². The van der Waals surface area contributed by atoms with Crippen molar-refractivity contribution >= 4 is 34.7 Å². The quantitative estimate of drug-likeness (QED) is 0.279. The molecule has 1 fully saturated rings. The standard InChI is InChI=1S/C21H22N4O4S/c1-12(23-24-21(22)30)17-18(13-8-10-14(28-2)11-9-13)25(20(27)19(17)26)15-6-4-5-7-16(15)29-3/h4-11,18,23H,1-3H3,(H3,22,24,30). The van der Waals surface area contributed by atoms with Crippen molar-refractivity contribution in [1.82, 2.24) is 10.9 Å². The van der Waals surface area contributed by atoms with Crippen molar-refractivity contribution in [2.45, 2.75) is 13.0 Å². The molecule has 2 aromatic rings. The second kappa shape index (κ2) is 8.83. The molecule has 0 radical (unpaired) electrons. The average molecular weight is 426 g/mol. The topological polar surface area (TPSA) is 106 Å². The number of nitrogens with two attached hydrogens (primary N) is 1. The van der Waals surface area contributed by atoms with Crippen molar-refractivity contribution in [3.05, 3.63) is 65.4 Å². The molecule has 8 nitrogen and oxygen atoms in total. The van der Waals surface area contributed by atoms with Gasteiger partial charge in [-0.3, -0.25) is 19.9 Å². The van der Waals surface area contributed by atoms with Gasteiger partial charge >= 0.3 is 0 Å². The Bertz CT molecular complexity index is 1020. The number of thiocarbonyl (C=S) groups is 1. The molecule has 3 rings (SSSR count). The number of hydrogen-bond donors (Lipinski definition) is 3. The molecule has 1 aliphatic rings. The van der Waals surface area contributed by atoms with Crippen LogP contribution in [0.3, 0.4) is 0 Å². The summed E-state index contributed by atoms with van der Waals surface area (Å²) < 4.78 is 10.7. The van der Waals surface area contributed by atoms with E-state index in [9.17, 15) is 9.59 Å². The van der Waals surface area contributed by atoms with Crippen LogP contribution in [-0.2, 0) is 9.59 Å². The lowest BCUT2D eigenvalue weighted by Gasteiger charge is -2.27. The number of hydrazine groups is 1. The fraction of sp³-hybridized carbons (Fsp3) is 0.190. The molecular weight excluding hydrogens is 404 g/mol. The first-order valence-corrected chi connectivity index (χ1v) is 9.47. The largest absolute Gasteiger partial charge is 0.497 e. The first kappa shape index (κ1) is 21.1. The molecule has 1 amide bonds. The van der Waals surface area contributed by atoms with Crippen LogP contribution in [0, 0.1) is 0 Å². The zero-order chi connectivity index (χ0) is 21.8. The maximum atomic E-state index is 13.1. The van der Waals surface area contributed by atoms with Crippen molar-refractivity contribution < 1.29 is 19.1 Å². The number of rotatable bonds is 6. The first-order chi connectivity index (χ1) is 14.4. The van der Waals surface area contributed by atoms with E-state index < -0.39 is 17.7 Å². The average Bonchev–Trinajstić information content (AvgIpc) is 3.02. The maximum absolute atomic E-state index is 13.1. The first-order valence-electron chi connectivity index (χ1n) is 9.06. The molecule has 0 bridgehead atoms. The van der Waals surface area contributed by atoms with E-state index >= 15 is 0 Å². The van der Waals surface area contributed by atoms with E-state index in [0.717, 1.165) is 5.56 Å². The van der Waals surface area contributed by atoms with Crippen LogP contribution in [0.1, 0.15) is 18.5 Å². The van der Waals surface area contributed by atoms with Gasteiger partial charge in [-0.15, -0.1) is 0 Å². The van der Waals surface area contributed by atoms with Crippen LogP contribution in [0.2, 0.25) is 0 Å². The Morgan fingerprint density at radius 2 is 1.70 bits per heavy atom. The second-order valence-corrected chi connectivity index (χ2v) is 6.94. The molecule has 0 saturated carbocycles. The lowest BCUT2D eigenvalue weighted by molar-refractivity contribution is -0.132. The highest BCUT2D eigenvalue weighted by atomic mass is 32.1. The molecule has 156 valence electrons. The van der Waals surface area contributed by atoms with E-state index in [2.05, 4.69) is 10.9 Å². The summed E-state index contributed by atoms with van der Waals surface area (Å²) in [5.41, 5.74) is 12.8. The zero-order valence-electron chi connectivity index (χ0n) is 16.8. The monoisotopic (exact) mass is 426 g/mol. The van der Waals surface area contributed by atoms with Gasteiger partial charge in [0.15, 0.2) is 5.11 Å². The molecule has 0 aliphatic carbocycles. The highest BCUT2D eigenvalue weighted by Gasteiger charge is 2.46. The Morgan fingerprint density at radius 1 is 1.03 bits per heavy atom. The zero-order valence-corrected chi connectivity index (χ0v) is 17.6. The summed E-state index contributed by atoms with van der Waals surface area (Å²) >= 11 is 4.81. The SMILES string of the molecule is COc1ccc(C2C(=C(C)NNC(N)=S)C(=O)C(=O)N2c2ccccc2OC)cc1. The third-order valence-electron chi connectivity index (χ3n) is 4.74. The number of carbonyl (C=O) groups is 2. The molecule has 1 saturated heterocycles. The van der Waals surface area contributed by atoms with Crippen LogP contribution < -0.4 is 31.0 Å². The van der Waals surface area contributed by atoms with Crippen molar-refractivity contribution in [2.75, 3.05) is 19.1 Å². The number of nitrogens with one attached hydrogen (secondary N) is 2. The predicted octanol–water partition coefficient (Wildman–Crippen LogP) is 1.97. The highest BCUT2D eigenvalue weighted by Crippen LogP contribution is 2.43. The van der Waals surface area contributed by atoms with E-state index in [1.807, 2.05) is 12.1 Å². The Morgan fingerprint density at radius 3 is 2.30 bits per heavy atom. The molecular formula is C21H22N4O4S. The van der Waals surface area contributed by atoms with Crippen LogP contribution in [0.25, 0.3) is 0 Å². The lowest BCUT2D eigenvalue weighted by Crippen LogP contribution is -2.40. The molecule has 1 unspecified atom stereocenters. The van der Waals surface area contributed by atoms with Gasteiger partial charge < -0.3 is 20.6 Å². The number of Topliss-reactive ketones (excluding diaryl/α,β-unsaturated/α-hetero) is 1. The summed E-state index contributed by atoms with van der Waals surface area (Å²) in [6.45, 7) is 1.67. The fourth-order valence-corrected chi connectivity index (χ4v) is 3.42. The number of ether oxygens (including phenoxy) is 2. The van der Waals surface area contributed by atoms with Crippen molar-refractivity contribution in [1.29, 1.82) is 0 Å². The number of ketones is 1. The number of amides is 1. The van der Waals surface area contributed by atoms with Gasteiger partial charge in [0.05, 0.1) is 31.5 Å². The third-order valence-corrected chi connectivity index (χ3v) is 4.84. The molecule has 4 N–H and O–H groups in total. The van der Waals surface area contributed by atoms with Crippen LogP contribution in [0.4, 0.5) is 5.69 Å². The van der Waals surface area contributed by atoms with E-state index in [4.69, 9.17) is 27.4 Å². The highest BCUT2D eigenvalue weighted by molar-refractivity contribution is 7.80. The lowest BCUT2D eigenvalue weighted by atomic mass is 9.97. The molecule has 1 heterocycles. The molecule has 1 atom stereocenters. The molecule has 9 heteroatoms. The van der Waals surface area contributed by atoms with Crippen molar-refractivity contribution in [3.63, 3.8) is 0 Å². The van der Waals surface area contributed by atoms with Crippen molar-refractivity contribution in [3.8, 4) is 11.5 Å². The van der Waals surface area contributed by atoms with Gasteiger partial charge in [0.1, 0.15) is 11.5 Å². The van der Waals surface area contributed by atoms with Crippen LogP contribution >= 0.6 is 12.2 Å². The summed E-state index contributed by atoms with van der Waals surface area (Å²) in [7, 11) is 3.08. The maximum Gasteiger partial charge on any atom is 0.300 e. The number of nitrogens with zero attached hydrogens (tertiary/aromatic N) is 1. The minimum atomic E-state index is -0.687. The van der Waals surface area contributed by atoms with Gasteiger partial charge in [-0.25, -0.2) is 0 Å². The number of para-hydroxylation sites is 2. The normalized spacial score (nSPS) is 17.6. The summed E-state index contributed by atoms with van der Waals surface area (Å²) in [6.07, 6.45) is 0. The number of carbonyl (C=O) groups excluding carboxylic acids is 2. The van der Waals surface area contributed by atoms with Crippen LogP contribution in [0.5, 0.6) is 11.5 Å². The van der Waals surface area contributed by atoms with Crippen LogP contribution in [-0.4, -0.2) is 31.0 Å². The molecule has 2 aromatic carbocycles. The third kappa shape index (κ3) is 3.92. The Hall–Kier alpha value is -3.59. The molecule has 1 aliphatic heterocycles. The number of methoxy groups -OCH3 is 2. The minimum Gasteiger partial charge on any atom is -0.497 e. The number of anilines is 1. The molecule has 0 aromatic heterocycles. The minimum absolute atomic E-state index is 0.00862. The van der Waals surface area contributed by atoms with Crippen molar-refractivity contribution in [2.24, 2.45) is 5.73 Å². The van der Waals surface area contributed by atoms with Gasteiger partial charge in [0.25, 0.3) is 11.7 Å². The summed E-state index contributed by atoms with van der Waals surface area (Å²) in [6, 6.07) is 13.5. The van der Waals surface area contributed by atoms with E-state index in [0.29, 0.717) is 22.9 Å². The number of hydrogen-bond acceptors (Lipinski definition) is 6. The van der Waals surface area contributed by atoms with E-state index in [1.54, 1.807) is 50.4 Å². The van der Waals surface area contributed by atoms with Gasteiger partial charge in [-0.05, 0) is 49.0 Å². The predicted molar refractivity (Wildman–Crippen MR) is 117 cm³/mol. The number of benzene rings is 2. The fourth-order valence-electron chi connectivity index (χ4n) is 3.37. The second-order valence-electron chi connectivity index (χ2n) is 6.50. The smallest absolute Gasteiger partial charge is 0.300 e. The Labute approximate surface area is 179 Å². The summed E-state index contributed by atoms with van der Waals surface area (Å²) in [4.78, 5) is 27.6. The number of allylic oxidation sites excluding steroid dienone is 1. The summed E-state index contributed by atoms with van der Waals surface area (Å²) in [5.74, 6) is -0.151. The molecule has 30 heavy (non-hydrogen) atoms. The van der Waals surface area contributed by atoms with Crippen LogP contribution in [0.15, 0.2) is 59.8 Å².